The second-order valence-corrected chi connectivity index (χ2v) is 7.07. The highest BCUT2D eigenvalue weighted by Crippen LogP contribution is 2.26. The Morgan fingerprint density at radius 1 is 1.39 bits per heavy atom. The molecule has 0 radical (unpaired) electrons. The largest absolute Gasteiger partial charge is 0.309 e. The van der Waals surface area contributed by atoms with Gasteiger partial charge < -0.3 is 10.3 Å². The molecule has 3 heterocycles. The summed E-state index contributed by atoms with van der Waals surface area (Å²) in [4.78, 5) is 21.8. The zero-order valence-corrected chi connectivity index (χ0v) is 14.6. The van der Waals surface area contributed by atoms with E-state index in [0.29, 0.717) is 5.82 Å². The zero-order chi connectivity index (χ0) is 16.6. The topological polar surface area (TPSA) is 75.6 Å². The third kappa shape index (κ3) is 3.20. The maximum Gasteiger partial charge on any atom is 0.259 e. The molecule has 7 heteroatoms. The van der Waals surface area contributed by atoms with Crippen LogP contribution in [0.2, 0.25) is 0 Å². The number of fused-ring (bicyclic) bond motifs is 1. The molecule has 0 fully saturated rings. The molecule has 1 unspecified atom stereocenters. The summed E-state index contributed by atoms with van der Waals surface area (Å²) in [6.07, 6.45) is 3.85. The fourth-order valence-corrected chi connectivity index (χ4v) is 3.59. The van der Waals surface area contributed by atoms with E-state index in [-0.39, 0.29) is 11.6 Å². The Labute approximate surface area is 138 Å². The van der Waals surface area contributed by atoms with Crippen LogP contribution in [0.5, 0.6) is 0 Å². The van der Waals surface area contributed by atoms with Gasteiger partial charge in [-0.3, -0.25) is 9.48 Å². The molecule has 3 aromatic rings. The van der Waals surface area contributed by atoms with Crippen LogP contribution >= 0.6 is 11.3 Å². The summed E-state index contributed by atoms with van der Waals surface area (Å²) < 4.78 is 1.90. The van der Waals surface area contributed by atoms with Gasteiger partial charge >= 0.3 is 0 Å². The lowest BCUT2D eigenvalue weighted by Gasteiger charge is -2.13. The van der Waals surface area contributed by atoms with Crippen LogP contribution in [0, 0.1) is 20.8 Å². The monoisotopic (exact) mass is 331 g/mol. The highest BCUT2D eigenvalue weighted by atomic mass is 32.1. The van der Waals surface area contributed by atoms with E-state index in [4.69, 9.17) is 0 Å². The van der Waals surface area contributed by atoms with Gasteiger partial charge in [0.15, 0.2) is 0 Å². The number of hydrogen-bond donors (Lipinski definition) is 2. The molecule has 2 N–H and O–H groups in total. The van der Waals surface area contributed by atoms with Crippen molar-refractivity contribution in [3.05, 3.63) is 44.6 Å². The SMILES string of the molecule is Cc1cnn(CCNC(C)c2nc3sc(C)c(C)c3c(=O)[nH]2)c1. The number of aromatic amines is 1. The number of nitrogens with zero attached hydrogens (tertiary/aromatic N) is 3. The van der Waals surface area contributed by atoms with Gasteiger partial charge in [0, 0.05) is 17.6 Å². The van der Waals surface area contributed by atoms with E-state index in [2.05, 4.69) is 20.4 Å². The lowest BCUT2D eigenvalue weighted by molar-refractivity contribution is 0.493. The number of aromatic nitrogens is 4. The van der Waals surface area contributed by atoms with Crippen molar-refractivity contribution in [1.82, 2.24) is 25.1 Å². The standard InChI is InChI=1S/C16H21N5OS/c1-9-7-18-21(8-9)6-5-17-11(3)14-19-15(22)13-10(2)12(4)23-16(13)20-14/h7-8,11,17H,5-6H2,1-4H3,(H,19,20,22). The average molecular weight is 331 g/mol. The molecule has 0 aliphatic rings. The van der Waals surface area contributed by atoms with E-state index in [1.165, 1.54) is 0 Å². The predicted molar refractivity (Wildman–Crippen MR) is 93.1 cm³/mol. The molecule has 3 aromatic heterocycles. The number of thiophene rings is 1. The second-order valence-electron chi connectivity index (χ2n) is 5.87. The summed E-state index contributed by atoms with van der Waals surface area (Å²) >= 11 is 1.57. The third-order valence-corrected chi connectivity index (χ3v) is 5.12. The zero-order valence-electron chi connectivity index (χ0n) is 13.8. The quantitative estimate of drug-likeness (QED) is 0.753. The fraction of sp³-hybridized carbons (Fsp3) is 0.438. The highest BCUT2D eigenvalue weighted by Gasteiger charge is 2.14. The van der Waals surface area contributed by atoms with E-state index >= 15 is 0 Å². The van der Waals surface area contributed by atoms with Crippen molar-refractivity contribution in [2.45, 2.75) is 40.3 Å². The van der Waals surface area contributed by atoms with Crippen LogP contribution in [-0.4, -0.2) is 26.3 Å². The molecule has 0 saturated heterocycles. The molecule has 0 aliphatic heterocycles. The Morgan fingerprint density at radius 3 is 2.87 bits per heavy atom. The van der Waals surface area contributed by atoms with Gasteiger partial charge in [0.05, 0.1) is 24.2 Å². The van der Waals surface area contributed by atoms with E-state index in [9.17, 15) is 4.79 Å². The van der Waals surface area contributed by atoms with Crippen LogP contribution in [0.1, 0.15) is 34.8 Å². The summed E-state index contributed by atoms with van der Waals surface area (Å²) in [5.74, 6) is 0.681. The molecular formula is C16H21N5OS. The van der Waals surface area contributed by atoms with Crippen LogP contribution in [-0.2, 0) is 6.54 Å². The van der Waals surface area contributed by atoms with Gasteiger partial charge in [-0.25, -0.2) is 4.98 Å². The summed E-state index contributed by atoms with van der Waals surface area (Å²) in [6, 6.07) is -0.0218. The predicted octanol–water partition coefficient (Wildman–Crippen LogP) is 2.46. The first-order chi connectivity index (χ1) is 11.0. The van der Waals surface area contributed by atoms with Crippen molar-refractivity contribution in [3.8, 4) is 0 Å². The van der Waals surface area contributed by atoms with Gasteiger partial charge in [0.2, 0.25) is 0 Å². The maximum absolute atomic E-state index is 12.3. The average Bonchev–Trinajstić information content (AvgIpc) is 3.03. The Morgan fingerprint density at radius 2 is 2.17 bits per heavy atom. The smallest absolute Gasteiger partial charge is 0.259 e. The molecule has 0 bridgehead atoms. The summed E-state index contributed by atoms with van der Waals surface area (Å²) in [5.41, 5.74) is 2.13. The molecule has 122 valence electrons. The molecule has 0 aliphatic carbocycles. The van der Waals surface area contributed by atoms with Gasteiger partial charge in [-0.05, 0) is 38.8 Å². The van der Waals surface area contributed by atoms with Gasteiger partial charge in [-0.2, -0.15) is 5.10 Å². The minimum Gasteiger partial charge on any atom is -0.309 e. The van der Waals surface area contributed by atoms with Crippen LogP contribution < -0.4 is 10.9 Å². The molecular weight excluding hydrogens is 310 g/mol. The Balaban J connectivity index is 1.73. The van der Waals surface area contributed by atoms with Crippen molar-refractivity contribution < 1.29 is 0 Å². The van der Waals surface area contributed by atoms with E-state index in [0.717, 1.165) is 39.3 Å². The number of rotatable bonds is 5. The van der Waals surface area contributed by atoms with Gasteiger partial charge in [0.25, 0.3) is 5.56 Å². The first kappa shape index (κ1) is 15.9. The molecule has 0 spiro atoms. The second kappa shape index (κ2) is 6.25. The molecule has 0 amide bonds. The van der Waals surface area contributed by atoms with Crippen molar-refractivity contribution in [2.24, 2.45) is 0 Å². The third-order valence-electron chi connectivity index (χ3n) is 4.02. The highest BCUT2D eigenvalue weighted by molar-refractivity contribution is 7.18. The first-order valence-corrected chi connectivity index (χ1v) is 8.49. The van der Waals surface area contributed by atoms with Crippen molar-refractivity contribution >= 4 is 21.6 Å². The van der Waals surface area contributed by atoms with Gasteiger partial charge in [-0.1, -0.05) is 0 Å². The lowest BCUT2D eigenvalue weighted by atomic mass is 10.2. The number of aryl methyl sites for hydroxylation is 3. The number of nitrogens with one attached hydrogen (secondary N) is 2. The van der Waals surface area contributed by atoms with Crippen molar-refractivity contribution in [2.75, 3.05) is 6.54 Å². The van der Waals surface area contributed by atoms with E-state index in [1.807, 2.05) is 44.8 Å². The van der Waals surface area contributed by atoms with E-state index < -0.39 is 0 Å². The number of H-pyrrole nitrogens is 1. The van der Waals surface area contributed by atoms with Crippen molar-refractivity contribution in [1.29, 1.82) is 0 Å². The van der Waals surface area contributed by atoms with Crippen LogP contribution in [0.4, 0.5) is 0 Å². The molecule has 0 aromatic carbocycles. The fourth-order valence-electron chi connectivity index (χ4n) is 2.56. The first-order valence-electron chi connectivity index (χ1n) is 7.68. The van der Waals surface area contributed by atoms with Crippen LogP contribution in [0.25, 0.3) is 10.2 Å². The molecule has 0 saturated carbocycles. The van der Waals surface area contributed by atoms with Gasteiger partial charge in [0.1, 0.15) is 10.7 Å². The van der Waals surface area contributed by atoms with Gasteiger partial charge in [-0.15, -0.1) is 11.3 Å². The Bertz CT molecular complexity index is 892. The molecule has 3 rings (SSSR count). The Hall–Kier alpha value is -1.99. The minimum atomic E-state index is -0.0526. The summed E-state index contributed by atoms with van der Waals surface area (Å²) in [7, 11) is 0. The van der Waals surface area contributed by atoms with E-state index in [1.54, 1.807) is 11.3 Å². The molecule has 1 atom stereocenters. The normalized spacial score (nSPS) is 12.9. The van der Waals surface area contributed by atoms with Crippen LogP contribution in [0.3, 0.4) is 0 Å². The Kier molecular flexibility index (Phi) is 4.32. The summed E-state index contributed by atoms with van der Waals surface area (Å²) in [6.45, 7) is 9.56. The minimum absolute atomic E-state index is 0.0218. The summed E-state index contributed by atoms with van der Waals surface area (Å²) in [5, 5.41) is 8.36. The molecule has 23 heavy (non-hydrogen) atoms. The van der Waals surface area contributed by atoms with Crippen LogP contribution in [0.15, 0.2) is 17.2 Å². The lowest BCUT2D eigenvalue weighted by Crippen LogP contribution is -2.26. The maximum atomic E-state index is 12.3. The number of hydrogen-bond acceptors (Lipinski definition) is 5. The molecule has 6 nitrogen and oxygen atoms in total. The van der Waals surface area contributed by atoms with Crippen molar-refractivity contribution in [3.63, 3.8) is 0 Å².